The molecule has 2 aromatic carbocycles. The van der Waals surface area contributed by atoms with Gasteiger partial charge in [-0.1, -0.05) is 12.1 Å². The van der Waals surface area contributed by atoms with Crippen LogP contribution in [0, 0.1) is 5.82 Å². The van der Waals surface area contributed by atoms with Crippen LogP contribution in [0.3, 0.4) is 0 Å². The number of fused-ring (bicyclic) bond motifs is 1. The van der Waals surface area contributed by atoms with Gasteiger partial charge < -0.3 is 10.6 Å². The monoisotopic (exact) mass is 364 g/mol. The lowest BCUT2D eigenvalue weighted by Gasteiger charge is -2.25. The number of hydrogen-bond donors (Lipinski definition) is 2. The first-order valence-corrected chi connectivity index (χ1v) is 8.56. The second kappa shape index (κ2) is 7.03. The molecular weight excluding hydrogens is 347 g/mol. The Morgan fingerprint density at radius 2 is 2.07 bits per heavy atom. The van der Waals surface area contributed by atoms with Crippen LogP contribution < -0.4 is 10.6 Å². The number of carbonyl (C=O) groups excluding carboxylic acids is 2. The summed E-state index contributed by atoms with van der Waals surface area (Å²) in [6.45, 7) is 0.320. The van der Waals surface area contributed by atoms with Crippen LogP contribution in [-0.2, 0) is 16.1 Å². The summed E-state index contributed by atoms with van der Waals surface area (Å²) in [5, 5.41) is 9.68. The van der Waals surface area contributed by atoms with Gasteiger partial charge in [0, 0.05) is 31.0 Å². The van der Waals surface area contributed by atoms with E-state index in [0.29, 0.717) is 17.8 Å². The van der Waals surface area contributed by atoms with Crippen molar-refractivity contribution in [2.24, 2.45) is 0 Å². The predicted octanol–water partition coefficient (Wildman–Crippen LogP) is 2.75. The third-order valence-electron chi connectivity index (χ3n) is 4.54. The van der Waals surface area contributed by atoms with Crippen molar-refractivity contribution in [1.29, 1.82) is 0 Å². The maximum absolute atomic E-state index is 13.6. The summed E-state index contributed by atoms with van der Waals surface area (Å²) >= 11 is 0. The molecule has 0 saturated heterocycles. The van der Waals surface area contributed by atoms with Crippen molar-refractivity contribution in [3.05, 3.63) is 77.9 Å². The van der Waals surface area contributed by atoms with E-state index in [1.807, 2.05) is 36.5 Å². The van der Waals surface area contributed by atoms with Crippen molar-refractivity contribution >= 4 is 17.5 Å². The van der Waals surface area contributed by atoms with Gasteiger partial charge in [0.1, 0.15) is 5.82 Å². The SMILES string of the molecule is O=C1CC(C(=O)NCc2ccc(-n3cccn3)cc2)c2cc(F)ccc2N1. The lowest BCUT2D eigenvalue weighted by Crippen LogP contribution is -2.34. The molecule has 0 bridgehead atoms. The molecule has 7 heteroatoms. The summed E-state index contributed by atoms with van der Waals surface area (Å²) in [7, 11) is 0. The standard InChI is InChI=1S/C20H17FN4O2/c21-14-4-7-18-16(10-14)17(11-19(26)24-18)20(27)22-12-13-2-5-15(6-3-13)25-9-1-8-23-25/h1-10,17H,11-12H2,(H,22,27)(H,24,26). The van der Waals surface area contributed by atoms with Crippen molar-refractivity contribution in [3.8, 4) is 5.69 Å². The second-order valence-electron chi connectivity index (χ2n) is 6.37. The number of nitrogens with one attached hydrogen (secondary N) is 2. The van der Waals surface area contributed by atoms with Crippen LogP contribution in [0.1, 0.15) is 23.5 Å². The number of aromatic nitrogens is 2. The Morgan fingerprint density at radius 1 is 1.26 bits per heavy atom. The van der Waals surface area contributed by atoms with Gasteiger partial charge in [-0.2, -0.15) is 5.10 Å². The fraction of sp³-hybridized carbons (Fsp3) is 0.150. The summed E-state index contributed by atoms with van der Waals surface area (Å²) in [5.41, 5.74) is 2.82. The highest BCUT2D eigenvalue weighted by Crippen LogP contribution is 2.32. The summed E-state index contributed by atoms with van der Waals surface area (Å²) < 4.78 is 15.3. The van der Waals surface area contributed by atoms with Gasteiger partial charge in [0.2, 0.25) is 11.8 Å². The smallest absolute Gasteiger partial charge is 0.228 e. The predicted molar refractivity (Wildman–Crippen MR) is 97.8 cm³/mol. The number of nitrogens with zero attached hydrogens (tertiary/aromatic N) is 2. The van der Waals surface area contributed by atoms with E-state index in [0.717, 1.165) is 11.3 Å². The Hall–Kier alpha value is -3.48. The summed E-state index contributed by atoms with van der Waals surface area (Å²) in [6, 6.07) is 13.5. The molecule has 27 heavy (non-hydrogen) atoms. The second-order valence-corrected chi connectivity index (χ2v) is 6.37. The Kier molecular flexibility index (Phi) is 4.42. The van der Waals surface area contributed by atoms with Crippen molar-refractivity contribution in [2.45, 2.75) is 18.9 Å². The third kappa shape index (κ3) is 3.57. The highest BCUT2D eigenvalue weighted by atomic mass is 19.1. The van der Waals surface area contributed by atoms with E-state index in [-0.39, 0.29) is 18.2 Å². The van der Waals surface area contributed by atoms with Crippen LogP contribution in [0.5, 0.6) is 0 Å². The van der Waals surface area contributed by atoms with Crippen LogP contribution in [0.2, 0.25) is 0 Å². The fourth-order valence-corrected chi connectivity index (χ4v) is 3.17. The molecule has 0 saturated carbocycles. The summed E-state index contributed by atoms with van der Waals surface area (Å²) in [4.78, 5) is 24.5. The molecule has 1 aliphatic rings. The van der Waals surface area contributed by atoms with E-state index in [4.69, 9.17) is 0 Å². The van der Waals surface area contributed by atoms with Crippen LogP contribution in [0.4, 0.5) is 10.1 Å². The number of carbonyl (C=O) groups is 2. The Bertz CT molecular complexity index is 984. The van der Waals surface area contributed by atoms with E-state index in [2.05, 4.69) is 15.7 Å². The van der Waals surface area contributed by atoms with Crippen molar-refractivity contribution in [1.82, 2.24) is 15.1 Å². The number of benzene rings is 2. The minimum absolute atomic E-state index is 0.000519. The van der Waals surface area contributed by atoms with E-state index in [1.54, 1.807) is 10.9 Å². The quantitative estimate of drug-likeness (QED) is 0.747. The molecule has 2 N–H and O–H groups in total. The minimum atomic E-state index is -0.701. The van der Waals surface area contributed by atoms with Crippen LogP contribution in [-0.4, -0.2) is 21.6 Å². The van der Waals surface area contributed by atoms with Gasteiger partial charge >= 0.3 is 0 Å². The zero-order valence-electron chi connectivity index (χ0n) is 14.4. The molecule has 1 atom stereocenters. The molecule has 2 amide bonds. The topological polar surface area (TPSA) is 76.0 Å². The molecule has 0 radical (unpaired) electrons. The van der Waals surface area contributed by atoms with E-state index < -0.39 is 11.7 Å². The van der Waals surface area contributed by atoms with E-state index >= 15 is 0 Å². The van der Waals surface area contributed by atoms with Gasteiger partial charge in [-0.15, -0.1) is 0 Å². The molecular formula is C20H17FN4O2. The number of anilines is 1. The van der Waals surface area contributed by atoms with Crippen molar-refractivity contribution < 1.29 is 14.0 Å². The molecule has 0 spiro atoms. The molecule has 1 aromatic heterocycles. The molecule has 136 valence electrons. The first-order chi connectivity index (χ1) is 13.1. The van der Waals surface area contributed by atoms with Gasteiger partial charge in [0.05, 0.1) is 11.6 Å². The normalized spacial score (nSPS) is 15.7. The Morgan fingerprint density at radius 3 is 2.81 bits per heavy atom. The maximum atomic E-state index is 13.6. The van der Waals surface area contributed by atoms with Gasteiger partial charge in [-0.05, 0) is 47.5 Å². The van der Waals surface area contributed by atoms with Gasteiger partial charge in [-0.25, -0.2) is 9.07 Å². The lowest BCUT2D eigenvalue weighted by molar-refractivity contribution is -0.126. The van der Waals surface area contributed by atoms with Crippen molar-refractivity contribution in [2.75, 3.05) is 5.32 Å². The zero-order valence-corrected chi connectivity index (χ0v) is 14.4. The van der Waals surface area contributed by atoms with Crippen LogP contribution in [0.25, 0.3) is 5.69 Å². The Labute approximate surface area is 155 Å². The largest absolute Gasteiger partial charge is 0.351 e. The van der Waals surface area contributed by atoms with Gasteiger partial charge in [0.25, 0.3) is 0 Å². The number of halogens is 1. The Balaban J connectivity index is 1.45. The van der Waals surface area contributed by atoms with E-state index in [9.17, 15) is 14.0 Å². The first-order valence-electron chi connectivity index (χ1n) is 8.56. The van der Waals surface area contributed by atoms with Gasteiger partial charge in [-0.3, -0.25) is 9.59 Å². The molecule has 0 aliphatic carbocycles. The fourth-order valence-electron chi connectivity index (χ4n) is 3.17. The lowest BCUT2D eigenvalue weighted by atomic mass is 9.89. The zero-order chi connectivity index (χ0) is 18.8. The molecule has 0 fully saturated rings. The third-order valence-corrected chi connectivity index (χ3v) is 4.54. The van der Waals surface area contributed by atoms with Crippen molar-refractivity contribution in [3.63, 3.8) is 0 Å². The van der Waals surface area contributed by atoms with E-state index in [1.165, 1.54) is 18.2 Å². The molecule has 3 aromatic rings. The minimum Gasteiger partial charge on any atom is -0.351 e. The highest BCUT2D eigenvalue weighted by Gasteiger charge is 2.30. The highest BCUT2D eigenvalue weighted by molar-refractivity contribution is 6.01. The summed E-state index contributed by atoms with van der Waals surface area (Å²) in [6.07, 6.45) is 3.55. The molecule has 2 heterocycles. The van der Waals surface area contributed by atoms with Gasteiger partial charge in [0.15, 0.2) is 0 Å². The number of amides is 2. The maximum Gasteiger partial charge on any atom is 0.228 e. The molecule has 1 unspecified atom stereocenters. The molecule has 4 rings (SSSR count). The van der Waals surface area contributed by atoms with Crippen LogP contribution >= 0.6 is 0 Å². The molecule has 1 aliphatic heterocycles. The average Bonchev–Trinajstić information content (AvgIpc) is 3.21. The summed E-state index contributed by atoms with van der Waals surface area (Å²) in [5.74, 6) is -1.68. The molecule has 6 nitrogen and oxygen atoms in total. The average molecular weight is 364 g/mol. The number of hydrogen-bond acceptors (Lipinski definition) is 3. The first kappa shape index (κ1) is 17.0. The van der Waals surface area contributed by atoms with Crippen LogP contribution in [0.15, 0.2) is 60.9 Å². The number of rotatable bonds is 4.